The fourth-order valence-electron chi connectivity index (χ4n) is 4.79. The minimum Gasteiger partial charge on any atom is -0.491 e. The molecule has 37 heavy (non-hydrogen) atoms. The molecule has 1 aromatic heterocycles. The number of thiophene rings is 1. The Morgan fingerprint density at radius 1 is 1.19 bits per heavy atom. The average Bonchev–Trinajstić information content (AvgIpc) is 3.36. The first-order chi connectivity index (χ1) is 17.8. The van der Waals surface area contributed by atoms with Crippen LogP contribution in [0.1, 0.15) is 58.2 Å². The lowest BCUT2D eigenvalue weighted by atomic mass is 10.00. The summed E-state index contributed by atoms with van der Waals surface area (Å²) in [6, 6.07) is 13.8. The summed E-state index contributed by atoms with van der Waals surface area (Å²) in [5.41, 5.74) is 3.31. The van der Waals surface area contributed by atoms with Crippen LogP contribution < -0.4 is 4.74 Å². The van der Waals surface area contributed by atoms with Gasteiger partial charge < -0.3 is 14.5 Å². The van der Waals surface area contributed by atoms with Crippen LogP contribution in [0.3, 0.4) is 0 Å². The third kappa shape index (κ3) is 6.21. The van der Waals surface area contributed by atoms with Crippen LogP contribution in [0.25, 0.3) is 0 Å². The first-order valence-corrected chi connectivity index (χ1v) is 13.8. The zero-order valence-electron chi connectivity index (χ0n) is 22.0. The van der Waals surface area contributed by atoms with Crippen molar-refractivity contribution in [2.45, 2.75) is 46.6 Å². The number of rotatable bonds is 9. The Hall–Kier alpha value is -3.19. The quantitative estimate of drug-likeness (QED) is 0.336. The first kappa shape index (κ1) is 26.9. The molecule has 0 aliphatic carbocycles. The normalized spacial score (nSPS) is 15.7. The van der Waals surface area contributed by atoms with Crippen molar-refractivity contribution in [3.63, 3.8) is 0 Å². The van der Waals surface area contributed by atoms with E-state index >= 15 is 0 Å². The lowest BCUT2D eigenvalue weighted by molar-refractivity contribution is -0.135. The van der Waals surface area contributed by atoms with Crippen molar-refractivity contribution in [1.29, 1.82) is 0 Å². The molecule has 3 aromatic rings. The van der Waals surface area contributed by atoms with Crippen molar-refractivity contribution < 1.29 is 18.7 Å². The monoisotopic (exact) mass is 522 g/mol. The second-order valence-corrected chi connectivity index (χ2v) is 10.9. The van der Waals surface area contributed by atoms with Crippen LogP contribution in [0.5, 0.6) is 5.75 Å². The van der Waals surface area contributed by atoms with Crippen molar-refractivity contribution in [2.75, 3.05) is 26.2 Å². The van der Waals surface area contributed by atoms with Crippen LogP contribution in [0, 0.1) is 25.6 Å². The molecule has 1 aliphatic rings. The van der Waals surface area contributed by atoms with E-state index in [1.807, 2.05) is 44.7 Å². The van der Waals surface area contributed by atoms with Gasteiger partial charge in [-0.15, -0.1) is 11.3 Å². The fraction of sp³-hybridized carbons (Fsp3) is 0.400. The molecule has 0 fully saturated rings. The van der Waals surface area contributed by atoms with Gasteiger partial charge in [-0.3, -0.25) is 9.59 Å². The van der Waals surface area contributed by atoms with E-state index in [1.165, 1.54) is 27.5 Å². The summed E-state index contributed by atoms with van der Waals surface area (Å²) in [4.78, 5) is 31.7. The number of benzene rings is 2. The predicted molar refractivity (Wildman–Crippen MR) is 146 cm³/mol. The van der Waals surface area contributed by atoms with Gasteiger partial charge in [-0.2, -0.15) is 0 Å². The summed E-state index contributed by atoms with van der Waals surface area (Å²) in [6.07, 6.45) is 1.62. The summed E-state index contributed by atoms with van der Waals surface area (Å²) in [5.74, 6) is -0.206. The highest BCUT2D eigenvalue weighted by atomic mass is 32.1. The van der Waals surface area contributed by atoms with Gasteiger partial charge in [0.1, 0.15) is 24.7 Å². The molecule has 0 N–H and O–H groups in total. The fourth-order valence-corrected chi connectivity index (χ4v) is 5.72. The van der Waals surface area contributed by atoms with Crippen molar-refractivity contribution >= 4 is 23.2 Å². The Bertz CT molecular complexity index is 1260. The number of amides is 2. The molecule has 0 radical (unpaired) electrons. The van der Waals surface area contributed by atoms with Gasteiger partial charge >= 0.3 is 0 Å². The van der Waals surface area contributed by atoms with E-state index in [9.17, 15) is 14.0 Å². The highest BCUT2D eigenvalue weighted by Crippen LogP contribution is 2.34. The summed E-state index contributed by atoms with van der Waals surface area (Å²) in [6.45, 7) is 9.30. The molecule has 2 heterocycles. The zero-order chi connectivity index (χ0) is 26.5. The molecule has 0 bridgehead atoms. The number of aryl methyl sites for hydroxylation is 2. The number of nitrogens with zero attached hydrogens (tertiary/aromatic N) is 2. The number of ether oxygens (including phenoxy) is 1. The maximum atomic E-state index is 14.5. The number of carbonyl (C=O) groups is 2. The average molecular weight is 523 g/mol. The topological polar surface area (TPSA) is 49.9 Å². The number of hydrogen-bond acceptors (Lipinski definition) is 4. The van der Waals surface area contributed by atoms with Gasteiger partial charge in [-0.05, 0) is 67.0 Å². The van der Waals surface area contributed by atoms with Gasteiger partial charge in [0.05, 0.1) is 11.6 Å². The van der Waals surface area contributed by atoms with Crippen LogP contribution >= 0.6 is 11.3 Å². The van der Waals surface area contributed by atoms with E-state index in [1.54, 1.807) is 23.5 Å². The van der Waals surface area contributed by atoms with E-state index in [0.717, 1.165) is 29.7 Å². The SMILES string of the molecule is CC[C@@H](C)CN(CC(=O)N1CCc2sccc2[C@@H]1COc1ccc(C)cc1C)C(=O)c1ccccc1F. The highest BCUT2D eigenvalue weighted by Gasteiger charge is 2.34. The highest BCUT2D eigenvalue weighted by molar-refractivity contribution is 7.10. The third-order valence-corrected chi connectivity index (χ3v) is 8.09. The van der Waals surface area contributed by atoms with Gasteiger partial charge in [0.2, 0.25) is 5.91 Å². The summed E-state index contributed by atoms with van der Waals surface area (Å²) in [7, 11) is 0. The van der Waals surface area contributed by atoms with Gasteiger partial charge in [0, 0.05) is 18.0 Å². The molecule has 0 unspecified atom stereocenters. The smallest absolute Gasteiger partial charge is 0.257 e. The van der Waals surface area contributed by atoms with E-state index in [2.05, 4.69) is 17.5 Å². The Morgan fingerprint density at radius 2 is 1.97 bits per heavy atom. The van der Waals surface area contributed by atoms with E-state index < -0.39 is 11.7 Å². The summed E-state index contributed by atoms with van der Waals surface area (Å²) >= 11 is 1.70. The molecular formula is C30H35FN2O3S. The second-order valence-electron chi connectivity index (χ2n) is 9.91. The lowest BCUT2D eigenvalue weighted by Gasteiger charge is -2.37. The Labute approximate surface area is 222 Å². The van der Waals surface area contributed by atoms with Gasteiger partial charge in [-0.25, -0.2) is 4.39 Å². The van der Waals surface area contributed by atoms with E-state index in [-0.39, 0.29) is 30.0 Å². The minimum atomic E-state index is -0.574. The van der Waals surface area contributed by atoms with Crippen LogP contribution in [0.2, 0.25) is 0 Å². The molecule has 0 saturated heterocycles. The standard InChI is InChI=1S/C30H35FN2O3S/c1-5-20(2)17-32(30(35)23-8-6-7-9-25(23)31)18-29(34)33-14-12-28-24(13-15-37-28)26(33)19-36-27-11-10-21(3)16-22(27)4/h6-11,13,15-16,20,26H,5,12,14,17-19H2,1-4H3/t20-,26+/m1/s1. The van der Waals surface area contributed by atoms with Crippen LogP contribution in [-0.2, 0) is 11.2 Å². The molecule has 5 nitrogen and oxygen atoms in total. The number of hydrogen-bond donors (Lipinski definition) is 0. The van der Waals surface area contributed by atoms with Crippen molar-refractivity contribution in [3.8, 4) is 5.75 Å². The van der Waals surface area contributed by atoms with E-state index in [0.29, 0.717) is 19.7 Å². The van der Waals surface area contributed by atoms with Gasteiger partial charge in [-0.1, -0.05) is 50.1 Å². The number of fused-ring (bicyclic) bond motifs is 1. The number of halogens is 1. The number of carbonyl (C=O) groups excluding carboxylic acids is 2. The maximum Gasteiger partial charge on any atom is 0.257 e. The van der Waals surface area contributed by atoms with Crippen molar-refractivity contribution in [1.82, 2.24) is 9.80 Å². The molecule has 2 atom stereocenters. The second kappa shape index (κ2) is 11.9. The molecule has 0 spiro atoms. The molecule has 2 aromatic carbocycles. The van der Waals surface area contributed by atoms with Crippen molar-refractivity contribution in [2.24, 2.45) is 5.92 Å². The first-order valence-electron chi connectivity index (χ1n) is 12.9. The van der Waals surface area contributed by atoms with Crippen LogP contribution in [0.4, 0.5) is 4.39 Å². The van der Waals surface area contributed by atoms with Crippen molar-refractivity contribution in [3.05, 3.63) is 86.9 Å². The Kier molecular flexibility index (Phi) is 8.64. The molecule has 2 amide bonds. The largest absolute Gasteiger partial charge is 0.491 e. The Balaban J connectivity index is 1.56. The predicted octanol–water partition coefficient (Wildman–Crippen LogP) is 6.20. The van der Waals surface area contributed by atoms with Crippen LogP contribution in [0.15, 0.2) is 53.9 Å². The molecule has 4 rings (SSSR count). The van der Waals surface area contributed by atoms with Gasteiger partial charge in [0.15, 0.2) is 0 Å². The molecule has 7 heteroatoms. The molecule has 1 aliphatic heterocycles. The molecule has 0 saturated carbocycles. The maximum absolute atomic E-state index is 14.5. The molecule has 196 valence electrons. The Morgan fingerprint density at radius 3 is 2.70 bits per heavy atom. The minimum absolute atomic E-state index is 0.00732. The van der Waals surface area contributed by atoms with E-state index in [4.69, 9.17) is 4.74 Å². The molecular weight excluding hydrogens is 487 g/mol. The summed E-state index contributed by atoms with van der Waals surface area (Å²) < 4.78 is 20.7. The third-order valence-electron chi connectivity index (χ3n) is 7.09. The summed E-state index contributed by atoms with van der Waals surface area (Å²) in [5, 5.41) is 2.06. The lowest BCUT2D eigenvalue weighted by Crippen LogP contribution is -2.48. The van der Waals surface area contributed by atoms with Crippen LogP contribution in [-0.4, -0.2) is 47.9 Å². The van der Waals surface area contributed by atoms with Gasteiger partial charge in [0.25, 0.3) is 5.91 Å². The zero-order valence-corrected chi connectivity index (χ0v) is 22.8.